The molecule has 0 saturated heterocycles. The van der Waals surface area contributed by atoms with Gasteiger partial charge in [0.1, 0.15) is 0 Å². The molecule has 1 N–H and O–H groups in total. The molecule has 88 valence electrons. The number of halogens is 2. The molecule has 0 spiro atoms. The van der Waals surface area contributed by atoms with Crippen LogP contribution in [0.1, 0.15) is 38.2 Å². The molecule has 0 bridgehead atoms. The van der Waals surface area contributed by atoms with Gasteiger partial charge in [0.25, 0.3) is 0 Å². The summed E-state index contributed by atoms with van der Waals surface area (Å²) in [6, 6.07) is 7.12. The van der Waals surface area contributed by atoms with E-state index in [1.165, 1.54) is 18.4 Å². The molecule has 1 fully saturated rings. The van der Waals surface area contributed by atoms with Crippen LogP contribution >= 0.6 is 23.2 Å². The van der Waals surface area contributed by atoms with E-state index in [2.05, 4.69) is 25.2 Å². The van der Waals surface area contributed by atoms with Gasteiger partial charge in [-0.05, 0) is 43.4 Å². The van der Waals surface area contributed by atoms with Crippen molar-refractivity contribution in [1.29, 1.82) is 0 Å². The Morgan fingerprint density at radius 1 is 1.19 bits per heavy atom. The van der Waals surface area contributed by atoms with Crippen LogP contribution in [0.4, 0.5) is 0 Å². The van der Waals surface area contributed by atoms with Gasteiger partial charge < -0.3 is 5.32 Å². The molecular formula is C13H17Cl2N. The lowest BCUT2D eigenvalue weighted by Gasteiger charge is -2.22. The Labute approximate surface area is 107 Å². The minimum absolute atomic E-state index is 0.454. The Bertz CT molecular complexity index is 374. The number of hydrogen-bond acceptors (Lipinski definition) is 1. The van der Waals surface area contributed by atoms with Gasteiger partial charge in [-0.2, -0.15) is 0 Å². The summed E-state index contributed by atoms with van der Waals surface area (Å²) in [4.78, 5) is 0. The van der Waals surface area contributed by atoms with Crippen molar-refractivity contribution in [1.82, 2.24) is 5.32 Å². The van der Waals surface area contributed by atoms with Crippen LogP contribution in [0, 0.1) is 0 Å². The molecule has 1 saturated carbocycles. The molecular weight excluding hydrogens is 241 g/mol. The van der Waals surface area contributed by atoms with E-state index in [-0.39, 0.29) is 0 Å². The molecule has 1 nitrogen and oxygen atoms in total. The van der Waals surface area contributed by atoms with E-state index in [1.54, 1.807) is 0 Å². The zero-order valence-corrected chi connectivity index (χ0v) is 11.1. The Morgan fingerprint density at radius 2 is 1.88 bits per heavy atom. The molecule has 3 heteroatoms. The van der Waals surface area contributed by atoms with E-state index < -0.39 is 0 Å². The zero-order chi connectivity index (χ0) is 11.7. The number of benzene rings is 1. The third-order valence-electron chi connectivity index (χ3n) is 3.30. The van der Waals surface area contributed by atoms with E-state index in [0.29, 0.717) is 22.0 Å². The molecule has 1 aromatic carbocycles. The first-order valence-corrected chi connectivity index (χ1v) is 6.54. The summed E-state index contributed by atoms with van der Waals surface area (Å²) < 4.78 is 0. The minimum Gasteiger partial charge on any atom is -0.311 e. The smallest absolute Gasteiger partial charge is 0.0595 e. The maximum atomic E-state index is 6.03. The highest BCUT2D eigenvalue weighted by Gasteiger charge is 2.25. The fraction of sp³-hybridized carbons (Fsp3) is 0.538. The summed E-state index contributed by atoms with van der Waals surface area (Å²) in [6.45, 7) is 4.45. The topological polar surface area (TPSA) is 12.0 Å². The summed E-state index contributed by atoms with van der Waals surface area (Å²) in [5.41, 5.74) is 1.25. The molecule has 0 radical (unpaired) electrons. The Kier molecular flexibility index (Phi) is 3.78. The fourth-order valence-corrected chi connectivity index (χ4v) is 2.16. The monoisotopic (exact) mass is 257 g/mol. The summed E-state index contributed by atoms with van der Waals surface area (Å²) in [7, 11) is 0. The molecule has 1 aromatic rings. The summed E-state index contributed by atoms with van der Waals surface area (Å²) in [5.74, 6) is 0.454. The average molecular weight is 258 g/mol. The zero-order valence-electron chi connectivity index (χ0n) is 9.63. The third kappa shape index (κ3) is 2.91. The predicted octanol–water partition coefficient (Wildman–Crippen LogP) is 4.24. The Morgan fingerprint density at radius 3 is 2.44 bits per heavy atom. The van der Waals surface area contributed by atoms with Gasteiger partial charge in [-0.15, -0.1) is 0 Å². The quantitative estimate of drug-likeness (QED) is 0.851. The molecule has 0 aliphatic heterocycles. The van der Waals surface area contributed by atoms with Crippen molar-refractivity contribution in [2.75, 3.05) is 0 Å². The summed E-state index contributed by atoms with van der Waals surface area (Å²) in [5, 5.41) is 4.88. The van der Waals surface area contributed by atoms with E-state index in [1.807, 2.05) is 12.1 Å². The molecule has 2 atom stereocenters. The average Bonchev–Trinajstić information content (AvgIpc) is 3.05. The van der Waals surface area contributed by atoms with Crippen LogP contribution in [-0.2, 0) is 0 Å². The first-order chi connectivity index (χ1) is 7.58. The van der Waals surface area contributed by atoms with Crippen LogP contribution in [0.3, 0.4) is 0 Å². The second-order valence-corrected chi connectivity index (χ2v) is 5.51. The van der Waals surface area contributed by atoms with Crippen LogP contribution in [0.2, 0.25) is 10.0 Å². The standard InChI is InChI=1S/C13H17Cl2N/c1-8(9(2)16-11-4-5-11)10-3-6-12(14)13(15)7-10/h3,6-9,11,16H,4-5H2,1-2H3. The van der Waals surface area contributed by atoms with E-state index >= 15 is 0 Å². The van der Waals surface area contributed by atoms with Gasteiger partial charge in [0.05, 0.1) is 10.0 Å². The number of hydrogen-bond donors (Lipinski definition) is 1. The third-order valence-corrected chi connectivity index (χ3v) is 4.03. The Hall–Kier alpha value is -0.240. The van der Waals surface area contributed by atoms with Gasteiger partial charge in [-0.1, -0.05) is 36.2 Å². The molecule has 0 amide bonds. The largest absolute Gasteiger partial charge is 0.311 e. The SMILES string of the molecule is CC(NC1CC1)C(C)c1ccc(Cl)c(Cl)c1. The van der Waals surface area contributed by atoms with Crippen LogP contribution in [-0.4, -0.2) is 12.1 Å². The lowest BCUT2D eigenvalue weighted by Crippen LogP contribution is -2.32. The van der Waals surface area contributed by atoms with Gasteiger partial charge in [-0.25, -0.2) is 0 Å². The molecule has 1 aliphatic carbocycles. The maximum Gasteiger partial charge on any atom is 0.0595 e. The van der Waals surface area contributed by atoms with Crippen LogP contribution in [0.15, 0.2) is 18.2 Å². The molecule has 2 rings (SSSR count). The lowest BCUT2D eigenvalue weighted by atomic mass is 9.94. The first-order valence-electron chi connectivity index (χ1n) is 5.79. The van der Waals surface area contributed by atoms with Gasteiger partial charge in [0.2, 0.25) is 0 Å². The highest BCUT2D eigenvalue weighted by Crippen LogP contribution is 2.29. The predicted molar refractivity (Wildman–Crippen MR) is 70.5 cm³/mol. The molecule has 0 heterocycles. The second-order valence-electron chi connectivity index (χ2n) is 4.69. The summed E-state index contributed by atoms with van der Waals surface area (Å²) >= 11 is 11.9. The molecule has 0 aromatic heterocycles. The summed E-state index contributed by atoms with van der Waals surface area (Å²) in [6.07, 6.45) is 2.64. The van der Waals surface area contributed by atoms with Crippen LogP contribution < -0.4 is 5.32 Å². The molecule has 16 heavy (non-hydrogen) atoms. The second kappa shape index (κ2) is 4.95. The van der Waals surface area contributed by atoms with Crippen LogP contribution in [0.5, 0.6) is 0 Å². The van der Waals surface area contributed by atoms with Crippen molar-refractivity contribution >= 4 is 23.2 Å². The maximum absolute atomic E-state index is 6.03. The van der Waals surface area contributed by atoms with Crippen molar-refractivity contribution in [3.63, 3.8) is 0 Å². The van der Waals surface area contributed by atoms with Gasteiger partial charge >= 0.3 is 0 Å². The van der Waals surface area contributed by atoms with E-state index in [9.17, 15) is 0 Å². The first kappa shape index (κ1) is 12.2. The van der Waals surface area contributed by atoms with Gasteiger partial charge in [-0.3, -0.25) is 0 Å². The Balaban J connectivity index is 2.06. The van der Waals surface area contributed by atoms with Crippen LogP contribution in [0.25, 0.3) is 0 Å². The van der Waals surface area contributed by atoms with E-state index in [4.69, 9.17) is 23.2 Å². The number of nitrogens with one attached hydrogen (secondary N) is 1. The molecule has 2 unspecified atom stereocenters. The number of rotatable bonds is 4. The minimum atomic E-state index is 0.454. The van der Waals surface area contributed by atoms with Gasteiger partial charge in [0, 0.05) is 12.1 Å². The van der Waals surface area contributed by atoms with Gasteiger partial charge in [0.15, 0.2) is 0 Å². The molecule has 1 aliphatic rings. The van der Waals surface area contributed by atoms with Crippen molar-refractivity contribution < 1.29 is 0 Å². The highest BCUT2D eigenvalue weighted by atomic mass is 35.5. The van der Waals surface area contributed by atoms with E-state index in [0.717, 1.165) is 6.04 Å². The van der Waals surface area contributed by atoms with Crippen molar-refractivity contribution in [3.8, 4) is 0 Å². The van der Waals surface area contributed by atoms with Crippen molar-refractivity contribution in [3.05, 3.63) is 33.8 Å². The van der Waals surface area contributed by atoms with Crippen molar-refractivity contribution in [2.45, 2.75) is 44.7 Å². The van der Waals surface area contributed by atoms with Crippen molar-refractivity contribution in [2.24, 2.45) is 0 Å². The highest BCUT2D eigenvalue weighted by molar-refractivity contribution is 6.42. The normalized spacial score (nSPS) is 19.5. The lowest BCUT2D eigenvalue weighted by molar-refractivity contribution is 0.478. The fourth-order valence-electron chi connectivity index (χ4n) is 1.85.